The normalized spacial score (nSPS) is 12.8. The van der Waals surface area contributed by atoms with Crippen molar-refractivity contribution in [2.75, 3.05) is 14.1 Å². The molecule has 0 spiro atoms. The molecule has 2 aromatic rings. The van der Waals surface area contributed by atoms with Gasteiger partial charge in [-0.2, -0.15) is 0 Å². The number of nitrogens with one attached hydrogen (secondary N) is 3. The second-order valence-corrected chi connectivity index (χ2v) is 7.84. The maximum atomic E-state index is 12.7. The Kier molecular flexibility index (Phi) is 8.42. The highest BCUT2D eigenvalue weighted by Gasteiger charge is 2.33. The van der Waals surface area contributed by atoms with E-state index in [1.54, 1.807) is 24.3 Å². The molecule has 1 aliphatic carbocycles. The Bertz CT molecular complexity index is 1150. The topological polar surface area (TPSA) is 111 Å². The first-order chi connectivity index (χ1) is 16.4. The summed E-state index contributed by atoms with van der Waals surface area (Å²) >= 11 is 0. The molecule has 0 radical (unpaired) electrons. The van der Waals surface area contributed by atoms with Crippen molar-refractivity contribution in [3.05, 3.63) is 70.8 Å². The average Bonchev–Trinajstić information content (AvgIpc) is 3.70. The van der Waals surface area contributed by atoms with Crippen LogP contribution >= 0.6 is 0 Å². The summed E-state index contributed by atoms with van der Waals surface area (Å²) in [6.45, 7) is 0.869. The van der Waals surface area contributed by atoms with Gasteiger partial charge in [0.2, 0.25) is 0 Å². The molecule has 174 valence electrons. The highest BCUT2D eigenvalue weighted by molar-refractivity contribution is 6.08. The van der Waals surface area contributed by atoms with Gasteiger partial charge in [0.1, 0.15) is 0 Å². The van der Waals surface area contributed by atoms with Crippen LogP contribution in [0.4, 0.5) is 0 Å². The number of nitrogens with zero attached hydrogens (tertiary/aromatic N) is 1. The van der Waals surface area contributed by atoms with Gasteiger partial charge in [0.15, 0.2) is 6.04 Å². The molecule has 4 N–H and O–H groups in total. The number of hydrogen-bond donors (Lipinski definition) is 4. The fourth-order valence-electron chi connectivity index (χ4n) is 3.15. The molecule has 0 heterocycles. The molecule has 0 aliphatic heterocycles. The minimum absolute atomic E-state index is 0.259. The number of amides is 3. The van der Waals surface area contributed by atoms with Gasteiger partial charge in [0.25, 0.3) is 17.7 Å². The van der Waals surface area contributed by atoms with Crippen LogP contribution < -0.4 is 16.1 Å². The van der Waals surface area contributed by atoms with Crippen LogP contribution in [0.3, 0.4) is 0 Å². The van der Waals surface area contributed by atoms with E-state index in [1.165, 1.54) is 38.0 Å². The molecule has 34 heavy (non-hydrogen) atoms. The predicted molar refractivity (Wildman–Crippen MR) is 126 cm³/mol. The number of rotatable bonds is 7. The molecule has 3 amide bonds. The minimum Gasteiger partial charge on any atom is -0.357 e. The van der Waals surface area contributed by atoms with Crippen molar-refractivity contribution >= 4 is 17.7 Å². The van der Waals surface area contributed by atoms with E-state index in [0.29, 0.717) is 11.6 Å². The van der Waals surface area contributed by atoms with Crippen molar-refractivity contribution in [1.29, 1.82) is 0 Å². The van der Waals surface area contributed by atoms with Crippen LogP contribution in [-0.4, -0.2) is 54.0 Å². The van der Waals surface area contributed by atoms with Gasteiger partial charge >= 0.3 is 0 Å². The van der Waals surface area contributed by atoms with Crippen LogP contribution in [0.5, 0.6) is 0 Å². The summed E-state index contributed by atoms with van der Waals surface area (Å²) < 4.78 is 0. The van der Waals surface area contributed by atoms with E-state index in [9.17, 15) is 14.4 Å². The Labute approximate surface area is 198 Å². The molecular weight excluding hydrogens is 432 g/mol. The lowest BCUT2D eigenvalue weighted by Crippen LogP contribution is -2.54. The molecule has 0 aromatic heterocycles. The van der Waals surface area contributed by atoms with E-state index in [4.69, 9.17) is 5.21 Å². The number of carbonyl (C=O) groups excluding carboxylic acids is 3. The first-order valence-electron chi connectivity index (χ1n) is 10.8. The Morgan fingerprint density at radius 3 is 2.03 bits per heavy atom. The van der Waals surface area contributed by atoms with Crippen molar-refractivity contribution in [3.8, 4) is 23.7 Å². The Morgan fingerprint density at radius 1 is 0.971 bits per heavy atom. The lowest BCUT2D eigenvalue weighted by Gasteiger charge is -2.25. The van der Waals surface area contributed by atoms with Crippen molar-refractivity contribution < 1.29 is 19.6 Å². The maximum absolute atomic E-state index is 12.7. The zero-order valence-electron chi connectivity index (χ0n) is 19.0. The monoisotopic (exact) mass is 458 g/mol. The molecule has 3 rings (SSSR count). The maximum Gasteiger partial charge on any atom is 0.275 e. The van der Waals surface area contributed by atoms with Crippen molar-refractivity contribution in [1.82, 2.24) is 21.0 Å². The number of hydroxylamine groups is 1. The number of carbonyl (C=O) groups is 3. The summed E-state index contributed by atoms with van der Waals surface area (Å²) in [6.07, 6.45) is 2.53. The van der Waals surface area contributed by atoms with Crippen LogP contribution in [0, 0.1) is 23.7 Å². The van der Waals surface area contributed by atoms with E-state index >= 15 is 0 Å². The molecule has 2 aromatic carbocycles. The second-order valence-electron chi connectivity index (χ2n) is 7.84. The highest BCUT2D eigenvalue weighted by atomic mass is 16.5. The van der Waals surface area contributed by atoms with Gasteiger partial charge in [-0.25, -0.2) is 5.48 Å². The number of likely N-dealkylation sites (N-methyl/N-ethyl adjacent to an activating group) is 2. The molecule has 1 fully saturated rings. The SMILES string of the molecule is CNC(=O)C(C(=O)NO)N(C)C(=O)c1ccc(C#CC#Cc2ccc(CNC3CC3)cc2)cc1. The van der Waals surface area contributed by atoms with Crippen LogP contribution in [0.25, 0.3) is 0 Å². The van der Waals surface area contributed by atoms with Gasteiger partial charge in [-0.1, -0.05) is 24.0 Å². The first-order valence-corrected chi connectivity index (χ1v) is 10.8. The molecule has 1 atom stereocenters. The second kappa shape index (κ2) is 11.7. The lowest BCUT2D eigenvalue weighted by atomic mass is 10.1. The van der Waals surface area contributed by atoms with Gasteiger partial charge in [-0.05, 0) is 66.6 Å². The highest BCUT2D eigenvalue weighted by Crippen LogP contribution is 2.19. The Hall–Kier alpha value is -4.11. The molecule has 8 nitrogen and oxygen atoms in total. The van der Waals surface area contributed by atoms with Gasteiger partial charge in [0.05, 0.1) is 0 Å². The van der Waals surface area contributed by atoms with Crippen LogP contribution in [0.2, 0.25) is 0 Å². The van der Waals surface area contributed by atoms with Crippen LogP contribution in [0.15, 0.2) is 48.5 Å². The van der Waals surface area contributed by atoms with E-state index in [1.807, 2.05) is 12.1 Å². The average molecular weight is 459 g/mol. The zero-order chi connectivity index (χ0) is 24.5. The van der Waals surface area contributed by atoms with Crippen LogP contribution in [-0.2, 0) is 16.1 Å². The van der Waals surface area contributed by atoms with Gasteiger partial charge < -0.3 is 15.5 Å². The lowest BCUT2D eigenvalue weighted by molar-refractivity contribution is -0.140. The standard InChI is InChI=1S/C26H26N4O4/c1-27-24(31)23(25(32)29-34)30(2)26(33)21-13-11-19(12-14-21)6-4-3-5-18-7-9-20(10-8-18)17-28-22-15-16-22/h7-14,22-23,28,34H,15-17H2,1-2H3,(H,27,31)(H,29,32). The van der Waals surface area contributed by atoms with Crippen molar-refractivity contribution in [2.24, 2.45) is 0 Å². The van der Waals surface area contributed by atoms with E-state index < -0.39 is 23.8 Å². The van der Waals surface area contributed by atoms with Crippen LogP contribution in [0.1, 0.15) is 39.9 Å². The van der Waals surface area contributed by atoms with Gasteiger partial charge in [0, 0.05) is 43.4 Å². The third-order valence-electron chi connectivity index (χ3n) is 5.30. The molecule has 0 bridgehead atoms. The quantitative estimate of drug-likeness (QED) is 0.214. The summed E-state index contributed by atoms with van der Waals surface area (Å²) in [5.41, 5.74) is 4.43. The predicted octanol–water partition coefficient (Wildman–Crippen LogP) is 1.03. The van der Waals surface area contributed by atoms with E-state index in [0.717, 1.165) is 17.0 Å². The summed E-state index contributed by atoms with van der Waals surface area (Å²) in [5, 5.41) is 14.6. The molecule has 1 unspecified atom stereocenters. The number of hydrogen-bond acceptors (Lipinski definition) is 5. The number of benzene rings is 2. The van der Waals surface area contributed by atoms with E-state index in [2.05, 4.69) is 46.4 Å². The van der Waals surface area contributed by atoms with E-state index in [-0.39, 0.29) is 5.56 Å². The molecular formula is C26H26N4O4. The Balaban J connectivity index is 1.60. The third kappa shape index (κ3) is 6.69. The smallest absolute Gasteiger partial charge is 0.275 e. The summed E-state index contributed by atoms with van der Waals surface area (Å²) in [4.78, 5) is 37.4. The first kappa shape index (κ1) is 24.5. The zero-order valence-corrected chi connectivity index (χ0v) is 19.0. The molecule has 8 heteroatoms. The fourth-order valence-corrected chi connectivity index (χ4v) is 3.15. The summed E-state index contributed by atoms with van der Waals surface area (Å²) in [5.74, 6) is 9.24. The minimum atomic E-state index is -1.51. The fraction of sp³-hybridized carbons (Fsp3) is 0.269. The molecule has 1 saturated carbocycles. The van der Waals surface area contributed by atoms with Crippen molar-refractivity contribution in [3.63, 3.8) is 0 Å². The third-order valence-corrected chi connectivity index (χ3v) is 5.30. The Morgan fingerprint density at radius 2 is 1.53 bits per heavy atom. The largest absolute Gasteiger partial charge is 0.357 e. The van der Waals surface area contributed by atoms with Gasteiger partial charge in [-0.3, -0.25) is 19.6 Å². The van der Waals surface area contributed by atoms with Crippen molar-refractivity contribution in [2.45, 2.75) is 31.5 Å². The molecule has 0 saturated heterocycles. The summed E-state index contributed by atoms with van der Waals surface area (Å²) in [7, 11) is 2.63. The summed E-state index contributed by atoms with van der Waals surface area (Å²) in [6, 6.07) is 13.6. The molecule has 1 aliphatic rings. The van der Waals surface area contributed by atoms with Gasteiger partial charge in [-0.15, -0.1) is 0 Å².